The van der Waals surface area contributed by atoms with Gasteiger partial charge in [-0.05, 0) is 37.8 Å². The molecular formula is C23H31N7O7S. The van der Waals surface area contributed by atoms with Crippen LogP contribution in [0.25, 0.3) is 0 Å². The Morgan fingerprint density at radius 2 is 1.87 bits per heavy atom. The first-order valence-corrected chi connectivity index (χ1v) is 13.4. The molecule has 0 aliphatic carbocycles. The molecular weight excluding hydrogens is 518 g/mol. The van der Waals surface area contributed by atoms with Gasteiger partial charge in [-0.25, -0.2) is 18.2 Å². The van der Waals surface area contributed by atoms with Crippen molar-refractivity contribution in [3.05, 3.63) is 48.2 Å². The van der Waals surface area contributed by atoms with Gasteiger partial charge in [-0.1, -0.05) is 18.2 Å². The third-order valence-electron chi connectivity index (χ3n) is 5.83. The number of nitrogens with one attached hydrogen (secondary N) is 4. The largest absolute Gasteiger partial charge is 0.480 e. The molecule has 0 bridgehead atoms. The van der Waals surface area contributed by atoms with Gasteiger partial charge in [0.05, 0.1) is 11.1 Å². The number of guanidine groups is 1. The van der Waals surface area contributed by atoms with E-state index in [1.54, 1.807) is 18.2 Å². The average molecular weight is 550 g/mol. The van der Waals surface area contributed by atoms with Gasteiger partial charge in [0.15, 0.2) is 5.96 Å². The second kappa shape index (κ2) is 13.0. The fourth-order valence-electron chi connectivity index (χ4n) is 3.94. The summed E-state index contributed by atoms with van der Waals surface area (Å²) in [5, 5.41) is 24.4. The number of carbonyl (C=O) groups is 3. The molecule has 1 saturated heterocycles. The molecule has 2 aromatic rings. The Morgan fingerprint density at radius 3 is 2.53 bits per heavy atom. The van der Waals surface area contributed by atoms with Crippen molar-refractivity contribution in [1.29, 1.82) is 5.41 Å². The Labute approximate surface area is 219 Å². The molecule has 0 radical (unpaired) electrons. The van der Waals surface area contributed by atoms with E-state index in [1.165, 1.54) is 18.3 Å². The van der Waals surface area contributed by atoms with Gasteiger partial charge in [-0.15, -0.1) is 0 Å². The smallest absolute Gasteiger partial charge is 0.326 e. The van der Waals surface area contributed by atoms with Crippen molar-refractivity contribution in [2.24, 2.45) is 5.73 Å². The Hall–Kier alpha value is -3.98. The highest BCUT2D eigenvalue weighted by atomic mass is 32.2. The number of aromatic nitrogens is 1. The number of sulfonamides is 1. The molecule has 3 rings (SSSR count). The lowest BCUT2D eigenvalue weighted by Gasteiger charge is -2.24. The van der Waals surface area contributed by atoms with Crippen LogP contribution < -0.4 is 21.7 Å². The van der Waals surface area contributed by atoms with Crippen LogP contribution in [-0.4, -0.2) is 78.3 Å². The fourth-order valence-corrected chi connectivity index (χ4v) is 5.62. The lowest BCUT2D eigenvalue weighted by molar-refractivity contribution is -0.142. The molecule has 2 atom stereocenters. The lowest BCUT2D eigenvalue weighted by Crippen LogP contribution is -2.51. The summed E-state index contributed by atoms with van der Waals surface area (Å²) < 4.78 is 32.5. The van der Waals surface area contributed by atoms with E-state index >= 15 is 0 Å². The monoisotopic (exact) mass is 549 g/mol. The van der Waals surface area contributed by atoms with Crippen molar-refractivity contribution < 1.29 is 32.3 Å². The summed E-state index contributed by atoms with van der Waals surface area (Å²) in [4.78, 5) is 41.0. The molecule has 0 spiro atoms. The normalized spacial score (nSPS) is 16.5. The number of benzene rings is 1. The third-order valence-corrected chi connectivity index (χ3v) is 7.75. The van der Waals surface area contributed by atoms with Gasteiger partial charge in [0.25, 0.3) is 5.89 Å². The van der Waals surface area contributed by atoms with Crippen LogP contribution in [0.3, 0.4) is 0 Å². The molecule has 1 aliphatic rings. The van der Waals surface area contributed by atoms with Crippen LogP contribution in [0.2, 0.25) is 0 Å². The van der Waals surface area contributed by atoms with Gasteiger partial charge in [0.2, 0.25) is 15.9 Å². The highest BCUT2D eigenvalue weighted by Gasteiger charge is 2.40. The number of nitrogens with zero attached hydrogens (tertiary/aromatic N) is 2. The van der Waals surface area contributed by atoms with Gasteiger partial charge in [-0.3, -0.25) is 15.0 Å². The van der Waals surface area contributed by atoms with Crippen molar-refractivity contribution in [3.8, 4) is 0 Å². The SMILES string of the molecule is N=C(N)NCCCCNC(=O)c1ncc(C[C@H](NC(=O)[C@@H]2CCCN2S(=O)(=O)c2ccccc2)C(=O)O)o1. The molecule has 1 aromatic heterocycles. The first kappa shape index (κ1) is 28.6. The molecule has 38 heavy (non-hydrogen) atoms. The van der Waals surface area contributed by atoms with E-state index in [9.17, 15) is 27.9 Å². The highest BCUT2D eigenvalue weighted by molar-refractivity contribution is 7.89. The zero-order chi connectivity index (χ0) is 27.7. The highest BCUT2D eigenvalue weighted by Crippen LogP contribution is 2.26. The predicted molar refractivity (Wildman–Crippen MR) is 135 cm³/mol. The van der Waals surface area contributed by atoms with Gasteiger partial charge in [0.1, 0.15) is 17.8 Å². The Balaban J connectivity index is 1.57. The molecule has 206 valence electrons. The quantitative estimate of drug-likeness (QED) is 0.108. The summed E-state index contributed by atoms with van der Waals surface area (Å²) >= 11 is 0. The Kier molecular flexibility index (Phi) is 9.78. The topological polar surface area (TPSA) is 221 Å². The summed E-state index contributed by atoms with van der Waals surface area (Å²) in [6.07, 6.45) is 2.90. The number of hydrogen-bond donors (Lipinski definition) is 6. The van der Waals surface area contributed by atoms with Crippen LogP contribution in [0.5, 0.6) is 0 Å². The van der Waals surface area contributed by atoms with E-state index in [0.717, 1.165) is 4.31 Å². The second-order valence-electron chi connectivity index (χ2n) is 8.63. The van der Waals surface area contributed by atoms with Gasteiger partial charge in [0, 0.05) is 26.1 Å². The number of aliphatic carboxylic acids is 1. The van der Waals surface area contributed by atoms with Crippen LogP contribution >= 0.6 is 0 Å². The number of carboxylic acids is 1. The third kappa shape index (κ3) is 7.52. The van der Waals surface area contributed by atoms with Crippen LogP contribution in [0.4, 0.5) is 0 Å². The van der Waals surface area contributed by atoms with E-state index in [2.05, 4.69) is 20.9 Å². The number of oxazole rings is 1. The number of rotatable bonds is 13. The molecule has 7 N–H and O–H groups in total. The molecule has 0 unspecified atom stereocenters. The number of amides is 2. The average Bonchev–Trinajstić information content (AvgIpc) is 3.56. The molecule has 15 heteroatoms. The number of carboxylic acid groups (broad SMARTS) is 1. The summed E-state index contributed by atoms with van der Waals surface area (Å²) in [5.41, 5.74) is 5.19. The van der Waals surface area contributed by atoms with Crippen molar-refractivity contribution >= 4 is 33.8 Å². The Bertz CT molecular complexity index is 1250. The number of carbonyl (C=O) groups excluding carboxylic acids is 2. The van der Waals surface area contributed by atoms with E-state index in [1.807, 2.05) is 0 Å². The van der Waals surface area contributed by atoms with Gasteiger partial charge in [-0.2, -0.15) is 4.31 Å². The first-order valence-electron chi connectivity index (χ1n) is 12.0. The summed E-state index contributed by atoms with van der Waals surface area (Å²) in [6.45, 7) is 0.960. The molecule has 0 saturated carbocycles. The number of nitrogens with two attached hydrogens (primary N) is 1. The van der Waals surface area contributed by atoms with Crippen LogP contribution in [0.15, 0.2) is 45.8 Å². The fraction of sp³-hybridized carbons (Fsp3) is 0.435. The van der Waals surface area contributed by atoms with Gasteiger partial charge < -0.3 is 31.2 Å². The van der Waals surface area contributed by atoms with E-state index in [4.69, 9.17) is 15.6 Å². The van der Waals surface area contributed by atoms with Crippen LogP contribution in [-0.2, 0) is 26.0 Å². The molecule has 14 nitrogen and oxygen atoms in total. The maximum absolute atomic E-state index is 13.0. The minimum absolute atomic E-state index is 0.0506. The van der Waals surface area contributed by atoms with E-state index < -0.39 is 39.9 Å². The number of unbranched alkanes of at least 4 members (excludes halogenated alkanes) is 1. The lowest BCUT2D eigenvalue weighted by atomic mass is 10.1. The molecule has 1 fully saturated rings. The standard InChI is InChI=1S/C23H31N7O7S/c24-23(25)27-11-5-4-10-26-20(32)21-28-14-15(37-21)13-17(22(33)34)29-19(31)18-9-6-12-30(18)38(35,36)16-7-2-1-3-8-16/h1-3,7-8,14,17-18H,4-6,9-13H2,(H,26,32)(H,29,31)(H,33,34)(H4,24,25,27)/t17-,18-/m0/s1. The molecule has 1 aliphatic heterocycles. The second-order valence-corrected chi connectivity index (χ2v) is 10.5. The minimum Gasteiger partial charge on any atom is -0.480 e. The number of hydrogen-bond acceptors (Lipinski definition) is 8. The van der Waals surface area contributed by atoms with Crippen molar-refractivity contribution in [1.82, 2.24) is 25.2 Å². The molecule has 1 aromatic carbocycles. The minimum atomic E-state index is -3.94. The van der Waals surface area contributed by atoms with Gasteiger partial charge >= 0.3 is 11.9 Å². The molecule has 2 heterocycles. The maximum atomic E-state index is 13.0. The summed E-state index contributed by atoms with van der Waals surface area (Å²) in [6, 6.07) is 5.24. The zero-order valence-electron chi connectivity index (χ0n) is 20.6. The van der Waals surface area contributed by atoms with Crippen molar-refractivity contribution in [3.63, 3.8) is 0 Å². The zero-order valence-corrected chi connectivity index (χ0v) is 21.4. The summed E-state index contributed by atoms with van der Waals surface area (Å²) in [7, 11) is -3.94. The van der Waals surface area contributed by atoms with Crippen LogP contribution in [0, 0.1) is 5.41 Å². The van der Waals surface area contributed by atoms with Crippen LogP contribution in [0.1, 0.15) is 42.1 Å². The van der Waals surface area contributed by atoms with E-state index in [0.29, 0.717) is 32.4 Å². The predicted octanol–water partition coefficient (Wildman–Crippen LogP) is -0.367. The molecule has 2 amide bonds. The summed E-state index contributed by atoms with van der Waals surface area (Å²) in [5.74, 6) is -2.99. The van der Waals surface area contributed by atoms with E-state index in [-0.39, 0.29) is 41.9 Å². The maximum Gasteiger partial charge on any atom is 0.326 e. The Morgan fingerprint density at radius 1 is 1.18 bits per heavy atom. The first-order chi connectivity index (χ1) is 18.1. The van der Waals surface area contributed by atoms with Crippen molar-refractivity contribution in [2.45, 2.75) is 49.1 Å². The van der Waals surface area contributed by atoms with Crippen molar-refractivity contribution in [2.75, 3.05) is 19.6 Å².